The highest BCUT2D eigenvalue weighted by Gasteiger charge is 2.20. The van der Waals surface area contributed by atoms with E-state index in [2.05, 4.69) is 39.7 Å². The topological polar surface area (TPSA) is 63.4 Å². The smallest absolute Gasteiger partial charge is 0.0985 e. The SMILES string of the molecule is c1ccc2c(c1)N=c1ccc3c(c1-2)N=c1c=3ccc2nnncc12. The second-order valence-corrected chi connectivity index (χ2v) is 5.93. The molecule has 2 aliphatic heterocycles. The molecule has 0 radical (unpaired) electrons. The summed E-state index contributed by atoms with van der Waals surface area (Å²) < 4.78 is 0. The van der Waals surface area contributed by atoms with E-state index >= 15 is 0 Å². The van der Waals surface area contributed by atoms with Gasteiger partial charge in [-0.1, -0.05) is 18.2 Å². The monoisotopic (exact) mass is 307 g/mol. The molecule has 3 aromatic carbocycles. The van der Waals surface area contributed by atoms with Crippen molar-refractivity contribution in [1.82, 2.24) is 15.4 Å². The summed E-state index contributed by atoms with van der Waals surface area (Å²) in [5.74, 6) is 0. The zero-order chi connectivity index (χ0) is 15.7. The summed E-state index contributed by atoms with van der Waals surface area (Å²) in [5.41, 5.74) is 5.05. The molecule has 0 fully saturated rings. The minimum Gasteiger partial charge on any atom is -0.248 e. The van der Waals surface area contributed by atoms with E-state index in [1.807, 2.05) is 24.3 Å². The van der Waals surface area contributed by atoms with E-state index in [9.17, 15) is 0 Å². The zero-order valence-electron chi connectivity index (χ0n) is 12.4. The van der Waals surface area contributed by atoms with Crippen LogP contribution in [0.3, 0.4) is 0 Å². The minimum atomic E-state index is 0.807. The lowest BCUT2D eigenvalue weighted by Gasteiger charge is -2.01. The molecule has 5 heteroatoms. The maximum absolute atomic E-state index is 4.95. The van der Waals surface area contributed by atoms with E-state index in [0.717, 1.165) is 54.6 Å². The third-order valence-electron chi connectivity index (χ3n) is 4.67. The molecule has 2 aliphatic rings. The molecule has 5 nitrogen and oxygen atoms in total. The van der Waals surface area contributed by atoms with Crippen molar-refractivity contribution >= 4 is 22.3 Å². The molecular formula is C19H9N5. The molecule has 0 saturated carbocycles. The average Bonchev–Trinajstić information content (AvgIpc) is 3.19. The van der Waals surface area contributed by atoms with Gasteiger partial charge in [0, 0.05) is 27.0 Å². The fourth-order valence-corrected chi connectivity index (χ4v) is 3.60. The van der Waals surface area contributed by atoms with Crippen LogP contribution in [0.2, 0.25) is 0 Å². The summed E-state index contributed by atoms with van der Waals surface area (Å²) in [6, 6.07) is 16.4. The maximum Gasteiger partial charge on any atom is 0.0985 e. The Hall–Kier alpha value is -3.47. The summed E-state index contributed by atoms with van der Waals surface area (Å²) in [5, 5.41) is 16.8. The Morgan fingerprint density at radius 1 is 0.792 bits per heavy atom. The molecule has 0 unspecified atom stereocenters. The number of nitrogens with zero attached hydrogens (tertiary/aromatic N) is 5. The van der Waals surface area contributed by atoms with Crippen LogP contribution < -0.4 is 10.7 Å². The van der Waals surface area contributed by atoms with E-state index < -0.39 is 0 Å². The van der Waals surface area contributed by atoms with Crippen molar-refractivity contribution < 1.29 is 0 Å². The molecule has 0 N–H and O–H groups in total. The maximum atomic E-state index is 4.95. The first-order valence-corrected chi connectivity index (χ1v) is 7.71. The van der Waals surface area contributed by atoms with Crippen LogP contribution >= 0.6 is 0 Å². The van der Waals surface area contributed by atoms with Crippen LogP contribution in [0.15, 0.2) is 64.7 Å². The third kappa shape index (κ3) is 1.37. The first-order chi connectivity index (χ1) is 11.9. The van der Waals surface area contributed by atoms with Crippen LogP contribution in [0.5, 0.6) is 0 Å². The van der Waals surface area contributed by atoms with Crippen LogP contribution in [-0.2, 0) is 0 Å². The fourth-order valence-electron chi connectivity index (χ4n) is 3.60. The normalized spacial score (nSPS) is 12.8. The lowest BCUT2D eigenvalue weighted by atomic mass is 10.0. The highest BCUT2D eigenvalue weighted by Crippen LogP contribution is 2.39. The predicted molar refractivity (Wildman–Crippen MR) is 88.5 cm³/mol. The lowest BCUT2D eigenvalue weighted by molar-refractivity contribution is 0.894. The van der Waals surface area contributed by atoms with E-state index in [-0.39, 0.29) is 0 Å². The summed E-state index contributed by atoms with van der Waals surface area (Å²) in [6.07, 6.45) is 1.73. The number of hydrogen-bond donors (Lipinski definition) is 0. The summed E-state index contributed by atoms with van der Waals surface area (Å²) in [7, 11) is 0. The Balaban J connectivity index is 1.84. The molecular weight excluding hydrogens is 298 g/mol. The number of benzene rings is 3. The number of aromatic nitrogens is 3. The minimum absolute atomic E-state index is 0.807. The molecule has 0 atom stereocenters. The van der Waals surface area contributed by atoms with Gasteiger partial charge in [-0.15, -0.1) is 10.2 Å². The molecule has 4 aromatic rings. The van der Waals surface area contributed by atoms with Gasteiger partial charge in [0.15, 0.2) is 0 Å². The van der Waals surface area contributed by atoms with Gasteiger partial charge in [0.2, 0.25) is 0 Å². The van der Waals surface area contributed by atoms with Crippen molar-refractivity contribution in [1.29, 1.82) is 0 Å². The molecule has 3 heterocycles. The molecule has 6 rings (SSSR count). The highest BCUT2D eigenvalue weighted by molar-refractivity contribution is 5.88. The van der Waals surface area contributed by atoms with Crippen LogP contribution in [0.4, 0.5) is 11.4 Å². The fraction of sp³-hybridized carbons (Fsp3) is 0. The Labute approximate surface area is 135 Å². The average molecular weight is 307 g/mol. The van der Waals surface area contributed by atoms with Crippen LogP contribution in [0.1, 0.15) is 0 Å². The third-order valence-corrected chi connectivity index (χ3v) is 4.67. The van der Waals surface area contributed by atoms with Gasteiger partial charge in [0.25, 0.3) is 0 Å². The van der Waals surface area contributed by atoms with E-state index in [0.29, 0.717) is 0 Å². The molecule has 1 aromatic heterocycles. The number of fused-ring (bicyclic) bond motifs is 8. The van der Waals surface area contributed by atoms with Crippen LogP contribution in [0.25, 0.3) is 22.0 Å². The van der Waals surface area contributed by atoms with Gasteiger partial charge in [-0.25, -0.2) is 9.98 Å². The second-order valence-electron chi connectivity index (χ2n) is 5.93. The van der Waals surface area contributed by atoms with Crippen molar-refractivity contribution in [2.24, 2.45) is 9.98 Å². The van der Waals surface area contributed by atoms with E-state index in [4.69, 9.17) is 9.98 Å². The highest BCUT2D eigenvalue weighted by atomic mass is 15.3. The Bertz CT molecular complexity index is 1410. The van der Waals surface area contributed by atoms with Gasteiger partial charge in [-0.05, 0) is 35.5 Å². The van der Waals surface area contributed by atoms with Gasteiger partial charge >= 0.3 is 0 Å². The van der Waals surface area contributed by atoms with Gasteiger partial charge in [0.05, 0.1) is 33.8 Å². The van der Waals surface area contributed by atoms with E-state index in [1.54, 1.807) is 6.20 Å². The molecule has 0 saturated heterocycles. The van der Waals surface area contributed by atoms with Crippen molar-refractivity contribution in [3.05, 3.63) is 75.9 Å². The number of rotatable bonds is 0. The summed E-state index contributed by atoms with van der Waals surface area (Å²) >= 11 is 0. The molecule has 0 amide bonds. The Morgan fingerprint density at radius 3 is 2.71 bits per heavy atom. The van der Waals surface area contributed by atoms with Gasteiger partial charge in [0.1, 0.15) is 0 Å². The van der Waals surface area contributed by atoms with E-state index in [1.165, 1.54) is 0 Å². The molecule has 0 bridgehead atoms. The quantitative estimate of drug-likeness (QED) is 0.433. The molecule has 24 heavy (non-hydrogen) atoms. The van der Waals surface area contributed by atoms with Crippen molar-refractivity contribution in [2.75, 3.05) is 0 Å². The summed E-state index contributed by atoms with van der Waals surface area (Å²) in [4.78, 5) is 9.67. The van der Waals surface area contributed by atoms with Gasteiger partial charge in [-0.3, -0.25) is 0 Å². The zero-order valence-corrected chi connectivity index (χ0v) is 12.4. The summed E-state index contributed by atoms with van der Waals surface area (Å²) in [6.45, 7) is 0. The van der Waals surface area contributed by atoms with Gasteiger partial charge < -0.3 is 0 Å². The van der Waals surface area contributed by atoms with Crippen molar-refractivity contribution in [2.45, 2.75) is 0 Å². The lowest BCUT2D eigenvalue weighted by Crippen LogP contribution is -2.04. The first-order valence-electron chi connectivity index (χ1n) is 7.71. The Kier molecular flexibility index (Phi) is 2.04. The van der Waals surface area contributed by atoms with Gasteiger partial charge in [-0.2, -0.15) is 0 Å². The second kappa shape index (κ2) is 4.08. The Morgan fingerprint density at radius 2 is 1.71 bits per heavy atom. The van der Waals surface area contributed by atoms with Crippen molar-refractivity contribution in [3.8, 4) is 11.1 Å². The van der Waals surface area contributed by atoms with Crippen LogP contribution in [-0.4, -0.2) is 15.4 Å². The molecule has 110 valence electrons. The molecule has 0 spiro atoms. The van der Waals surface area contributed by atoms with Crippen molar-refractivity contribution in [3.63, 3.8) is 0 Å². The van der Waals surface area contributed by atoms with Crippen LogP contribution in [0, 0.1) is 10.4 Å². The largest absolute Gasteiger partial charge is 0.248 e. The number of para-hydroxylation sites is 1. The first kappa shape index (κ1) is 12.0. The predicted octanol–water partition coefficient (Wildman–Crippen LogP) is 2.51. The number of hydrogen-bond acceptors (Lipinski definition) is 5. The standard InChI is InChI=1S/C19H9N5/c1-2-4-14-12(3-1)17-16(21-14)8-6-11-10-5-7-15-13(9-20-24-23-15)18(10)22-19(11)17/h1-9H. The molecule has 0 aliphatic carbocycles.